The minimum absolute atomic E-state index is 0.0464. The number of Topliss-reactive ketones (excluding diaryl/α,β-unsaturated/α-hetero) is 1. The van der Waals surface area contributed by atoms with E-state index in [1.54, 1.807) is 30.3 Å². The number of fused-ring (bicyclic) bond motifs is 1. The maximum Gasteiger partial charge on any atom is 0.295 e. The molecule has 0 saturated carbocycles. The number of hydrogen-bond acceptors (Lipinski definition) is 5. The molecule has 0 spiro atoms. The zero-order valence-corrected chi connectivity index (χ0v) is 20.3. The predicted octanol–water partition coefficient (Wildman–Crippen LogP) is 5.62. The third kappa shape index (κ3) is 4.29. The van der Waals surface area contributed by atoms with Gasteiger partial charge >= 0.3 is 0 Å². The van der Waals surface area contributed by atoms with Crippen molar-refractivity contribution in [1.82, 2.24) is 4.90 Å². The Balaban J connectivity index is 1.75. The van der Waals surface area contributed by atoms with Gasteiger partial charge < -0.3 is 19.5 Å². The van der Waals surface area contributed by atoms with E-state index in [9.17, 15) is 19.1 Å². The molecule has 7 heteroatoms. The number of ether oxygens (including phenoxy) is 2. The number of rotatable bonds is 6. The van der Waals surface area contributed by atoms with Crippen LogP contribution in [0.1, 0.15) is 22.7 Å². The van der Waals surface area contributed by atoms with Crippen LogP contribution in [0.4, 0.5) is 4.39 Å². The Morgan fingerprint density at radius 2 is 1.65 bits per heavy atom. The van der Waals surface area contributed by atoms with Gasteiger partial charge in [0.2, 0.25) is 0 Å². The van der Waals surface area contributed by atoms with Gasteiger partial charge in [-0.25, -0.2) is 4.39 Å². The van der Waals surface area contributed by atoms with Crippen molar-refractivity contribution in [2.45, 2.75) is 12.6 Å². The summed E-state index contributed by atoms with van der Waals surface area (Å²) in [6.45, 7) is 0.0464. The first-order valence-corrected chi connectivity index (χ1v) is 11.7. The molecule has 5 rings (SSSR count). The van der Waals surface area contributed by atoms with Gasteiger partial charge in [0.15, 0.2) is 0 Å². The van der Waals surface area contributed by atoms with E-state index < -0.39 is 23.5 Å². The van der Waals surface area contributed by atoms with Crippen molar-refractivity contribution in [1.29, 1.82) is 0 Å². The highest BCUT2D eigenvalue weighted by molar-refractivity contribution is 6.46. The predicted molar refractivity (Wildman–Crippen MR) is 138 cm³/mol. The van der Waals surface area contributed by atoms with Crippen molar-refractivity contribution in [3.8, 4) is 11.5 Å². The molecule has 4 aromatic carbocycles. The van der Waals surface area contributed by atoms with Crippen molar-refractivity contribution in [3.05, 3.63) is 113 Å². The standard InChI is InChI=1S/C30H24FNO5/c1-36-21-14-15-25(37-2)24(16-21)28(33)26-27(23-9-5-7-19-6-3-4-8-22(19)23)32(30(35)29(26)34)17-18-10-12-20(31)13-11-18/h3-16,27,33H,17H2,1-2H3/b28-26+. The summed E-state index contributed by atoms with van der Waals surface area (Å²) in [6.07, 6.45) is 0. The summed E-state index contributed by atoms with van der Waals surface area (Å²) in [4.78, 5) is 28.3. The van der Waals surface area contributed by atoms with Crippen LogP contribution in [0.2, 0.25) is 0 Å². The van der Waals surface area contributed by atoms with Gasteiger partial charge in [-0.05, 0) is 52.2 Å². The molecular formula is C30H24FNO5. The Bertz CT molecular complexity index is 1540. The van der Waals surface area contributed by atoms with Gasteiger partial charge in [0, 0.05) is 6.54 Å². The Hall–Kier alpha value is -4.65. The highest BCUT2D eigenvalue weighted by Crippen LogP contribution is 2.44. The summed E-state index contributed by atoms with van der Waals surface area (Å²) in [5.74, 6) is -1.58. The molecule has 1 amide bonds. The van der Waals surface area contributed by atoms with Gasteiger partial charge in [-0.1, -0.05) is 54.6 Å². The van der Waals surface area contributed by atoms with Crippen LogP contribution < -0.4 is 9.47 Å². The molecule has 0 radical (unpaired) electrons. The smallest absolute Gasteiger partial charge is 0.295 e. The lowest BCUT2D eigenvalue weighted by Gasteiger charge is -2.26. The van der Waals surface area contributed by atoms with E-state index in [1.807, 2.05) is 42.5 Å². The summed E-state index contributed by atoms with van der Waals surface area (Å²) in [6, 6.07) is 23.0. The van der Waals surface area contributed by atoms with E-state index in [-0.39, 0.29) is 23.4 Å². The monoisotopic (exact) mass is 497 g/mol. The van der Waals surface area contributed by atoms with Gasteiger partial charge in [-0.15, -0.1) is 0 Å². The number of aliphatic hydroxyl groups excluding tert-OH is 1. The fourth-order valence-corrected chi connectivity index (χ4v) is 4.79. The second kappa shape index (κ2) is 9.78. The van der Waals surface area contributed by atoms with Gasteiger partial charge in [-0.2, -0.15) is 0 Å². The molecule has 6 nitrogen and oxygen atoms in total. The van der Waals surface area contributed by atoms with Crippen LogP contribution in [0.3, 0.4) is 0 Å². The molecule has 1 heterocycles. The van der Waals surface area contributed by atoms with Crippen LogP contribution in [0, 0.1) is 5.82 Å². The lowest BCUT2D eigenvalue weighted by molar-refractivity contribution is -0.140. The third-order valence-electron chi connectivity index (χ3n) is 6.59. The average Bonchev–Trinajstić information content (AvgIpc) is 3.17. The molecule has 1 saturated heterocycles. The normalized spacial score (nSPS) is 16.8. The first-order chi connectivity index (χ1) is 17.9. The average molecular weight is 498 g/mol. The van der Waals surface area contributed by atoms with E-state index >= 15 is 0 Å². The molecular weight excluding hydrogens is 473 g/mol. The number of aliphatic hydroxyl groups is 1. The summed E-state index contributed by atoms with van der Waals surface area (Å²) < 4.78 is 24.3. The molecule has 1 unspecified atom stereocenters. The van der Waals surface area contributed by atoms with Crippen molar-refractivity contribution in [2.24, 2.45) is 0 Å². The number of likely N-dealkylation sites (tertiary alicyclic amines) is 1. The van der Waals surface area contributed by atoms with Crippen LogP contribution in [0.25, 0.3) is 16.5 Å². The van der Waals surface area contributed by atoms with E-state index in [4.69, 9.17) is 9.47 Å². The summed E-state index contributed by atoms with van der Waals surface area (Å²) in [5.41, 5.74) is 1.50. The minimum atomic E-state index is -0.896. The number of hydrogen-bond donors (Lipinski definition) is 1. The van der Waals surface area contributed by atoms with E-state index in [2.05, 4.69) is 0 Å². The van der Waals surface area contributed by atoms with Crippen LogP contribution >= 0.6 is 0 Å². The molecule has 0 aliphatic carbocycles. The SMILES string of the molecule is COc1ccc(OC)c(/C(O)=C2\C(=O)C(=O)N(Cc3ccc(F)cc3)C2c2cccc3ccccc23)c1. The van der Waals surface area contributed by atoms with Crippen molar-refractivity contribution in [3.63, 3.8) is 0 Å². The number of methoxy groups -OCH3 is 2. The third-order valence-corrected chi connectivity index (χ3v) is 6.59. The Labute approximate surface area is 213 Å². The maximum atomic E-state index is 13.5. The minimum Gasteiger partial charge on any atom is -0.507 e. The van der Waals surface area contributed by atoms with E-state index in [0.717, 1.165) is 10.8 Å². The zero-order chi connectivity index (χ0) is 26.1. The van der Waals surface area contributed by atoms with Gasteiger partial charge in [0.05, 0.1) is 31.4 Å². The summed E-state index contributed by atoms with van der Waals surface area (Å²) >= 11 is 0. The Kier molecular flexibility index (Phi) is 6.36. The number of nitrogens with zero attached hydrogens (tertiary/aromatic N) is 1. The molecule has 37 heavy (non-hydrogen) atoms. The second-order valence-corrected chi connectivity index (χ2v) is 8.69. The summed E-state index contributed by atoms with van der Waals surface area (Å²) in [7, 11) is 2.94. The topological polar surface area (TPSA) is 76.1 Å². The maximum absolute atomic E-state index is 13.5. The number of benzene rings is 4. The number of halogens is 1. The zero-order valence-electron chi connectivity index (χ0n) is 20.3. The van der Waals surface area contributed by atoms with Crippen molar-refractivity contribution < 1.29 is 28.6 Å². The molecule has 0 aromatic heterocycles. The first kappa shape index (κ1) is 24.1. The molecule has 1 N–H and O–H groups in total. The molecule has 0 bridgehead atoms. The van der Waals surface area contributed by atoms with Gasteiger partial charge in [-0.3, -0.25) is 9.59 Å². The lowest BCUT2D eigenvalue weighted by Crippen LogP contribution is -2.29. The molecule has 1 aliphatic rings. The second-order valence-electron chi connectivity index (χ2n) is 8.69. The number of amides is 1. The fourth-order valence-electron chi connectivity index (χ4n) is 4.79. The molecule has 1 fully saturated rings. The highest BCUT2D eigenvalue weighted by atomic mass is 19.1. The number of carbonyl (C=O) groups is 2. The van der Waals surface area contributed by atoms with Crippen molar-refractivity contribution in [2.75, 3.05) is 14.2 Å². The molecule has 1 atom stereocenters. The van der Waals surface area contributed by atoms with Gasteiger partial charge in [0.25, 0.3) is 11.7 Å². The molecule has 4 aromatic rings. The molecule has 1 aliphatic heterocycles. The lowest BCUT2D eigenvalue weighted by atomic mass is 9.91. The number of carbonyl (C=O) groups excluding carboxylic acids is 2. The quantitative estimate of drug-likeness (QED) is 0.213. The number of ketones is 1. The molecule has 186 valence electrons. The van der Waals surface area contributed by atoms with Gasteiger partial charge in [0.1, 0.15) is 23.1 Å². The van der Waals surface area contributed by atoms with Crippen LogP contribution in [0.15, 0.2) is 90.5 Å². The van der Waals surface area contributed by atoms with Crippen LogP contribution in [-0.2, 0) is 16.1 Å². The first-order valence-electron chi connectivity index (χ1n) is 11.7. The van der Waals surface area contributed by atoms with E-state index in [0.29, 0.717) is 22.6 Å². The van der Waals surface area contributed by atoms with E-state index in [1.165, 1.54) is 31.3 Å². The van der Waals surface area contributed by atoms with Crippen LogP contribution in [0.5, 0.6) is 11.5 Å². The Morgan fingerprint density at radius 3 is 2.38 bits per heavy atom. The highest BCUT2D eigenvalue weighted by Gasteiger charge is 2.46. The largest absolute Gasteiger partial charge is 0.507 e. The van der Waals surface area contributed by atoms with Crippen LogP contribution in [-0.4, -0.2) is 35.9 Å². The fraction of sp³-hybridized carbons (Fsp3) is 0.133. The summed E-state index contributed by atoms with van der Waals surface area (Å²) in [5, 5.41) is 13.3. The Morgan fingerprint density at radius 1 is 0.919 bits per heavy atom. The van der Waals surface area contributed by atoms with Crippen molar-refractivity contribution >= 4 is 28.2 Å².